The summed E-state index contributed by atoms with van der Waals surface area (Å²) in [6.45, 7) is 1.48. The molecule has 1 aromatic rings. The van der Waals surface area contributed by atoms with Crippen LogP contribution in [-0.2, 0) is 0 Å². The third kappa shape index (κ3) is 3.58. The lowest BCUT2D eigenvalue weighted by Crippen LogP contribution is -2.31. The number of ether oxygens (including phenoxy) is 2. The highest BCUT2D eigenvalue weighted by molar-refractivity contribution is 5.99. The standard InChI is InChI=1S/C12H16N2O6/c1-7(15)6-13-12(16)8-4-10(19-2)11(20-3)5-9(8)14(17)18/h4-5,7,15H,6H2,1-3H3,(H,13,16)/t7-/m1/s1. The van der Waals surface area contributed by atoms with Gasteiger partial charge in [0, 0.05) is 12.6 Å². The summed E-state index contributed by atoms with van der Waals surface area (Å²) < 4.78 is 9.97. The summed E-state index contributed by atoms with van der Waals surface area (Å²) in [7, 11) is 2.70. The maximum Gasteiger partial charge on any atom is 0.286 e. The highest BCUT2D eigenvalue weighted by atomic mass is 16.6. The number of carbonyl (C=O) groups is 1. The fraction of sp³-hybridized carbons (Fsp3) is 0.417. The first-order chi connectivity index (χ1) is 9.40. The first-order valence-corrected chi connectivity index (χ1v) is 5.77. The highest BCUT2D eigenvalue weighted by Crippen LogP contribution is 2.34. The van der Waals surface area contributed by atoms with E-state index in [9.17, 15) is 14.9 Å². The van der Waals surface area contributed by atoms with Crippen molar-refractivity contribution in [1.82, 2.24) is 5.32 Å². The van der Waals surface area contributed by atoms with Crippen LogP contribution in [0.25, 0.3) is 0 Å². The van der Waals surface area contributed by atoms with E-state index in [1.165, 1.54) is 27.2 Å². The van der Waals surface area contributed by atoms with E-state index < -0.39 is 22.6 Å². The van der Waals surface area contributed by atoms with Crippen molar-refractivity contribution in [2.75, 3.05) is 20.8 Å². The highest BCUT2D eigenvalue weighted by Gasteiger charge is 2.24. The van der Waals surface area contributed by atoms with Gasteiger partial charge >= 0.3 is 0 Å². The molecule has 0 radical (unpaired) electrons. The van der Waals surface area contributed by atoms with Gasteiger partial charge in [-0.25, -0.2) is 0 Å². The molecule has 0 fully saturated rings. The van der Waals surface area contributed by atoms with E-state index in [4.69, 9.17) is 14.6 Å². The lowest BCUT2D eigenvalue weighted by molar-refractivity contribution is -0.385. The Labute approximate surface area is 115 Å². The average Bonchev–Trinajstić information content (AvgIpc) is 2.42. The number of aliphatic hydroxyl groups is 1. The van der Waals surface area contributed by atoms with E-state index in [-0.39, 0.29) is 23.6 Å². The Bertz CT molecular complexity index is 515. The number of aliphatic hydroxyl groups excluding tert-OH is 1. The number of carbonyl (C=O) groups excluding carboxylic acids is 1. The number of nitrogens with one attached hydrogen (secondary N) is 1. The van der Waals surface area contributed by atoms with E-state index in [2.05, 4.69) is 5.32 Å². The summed E-state index contributed by atoms with van der Waals surface area (Å²) in [5, 5.41) is 22.5. The van der Waals surface area contributed by atoms with Crippen molar-refractivity contribution in [3.05, 3.63) is 27.8 Å². The molecule has 0 aliphatic carbocycles. The molecule has 0 unspecified atom stereocenters. The Morgan fingerprint density at radius 3 is 2.40 bits per heavy atom. The normalized spacial score (nSPS) is 11.6. The average molecular weight is 284 g/mol. The molecule has 0 saturated carbocycles. The van der Waals surface area contributed by atoms with Gasteiger partial charge < -0.3 is 19.9 Å². The lowest BCUT2D eigenvalue weighted by Gasteiger charge is -2.11. The minimum absolute atomic E-state index is 0.00959. The summed E-state index contributed by atoms with van der Waals surface area (Å²) in [5.41, 5.74) is -0.556. The molecule has 1 aromatic carbocycles. The molecule has 0 aromatic heterocycles. The molecule has 8 heteroatoms. The van der Waals surface area contributed by atoms with Crippen molar-refractivity contribution < 1.29 is 24.3 Å². The van der Waals surface area contributed by atoms with Gasteiger partial charge in [0.25, 0.3) is 11.6 Å². The van der Waals surface area contributed by atoms with Crippen molar-refractivity contribution in [2.45, 2.75) is 13.0 Å². The van der Waals surface area contributed by atoms with E-state index >= 15 is 0 Å². The predicted molar refractivity (Wildman–Crippen MR) is 70.2 cm³/mol. The van der Waals surface area contributed by atoms with Gasteiger partial charge in [-0.3, -0.25) is 14.9 Å². The van der Waals surface area contributed by atoms with Crippen molar-refractivity contribution in [3.63, 3.8) is 0 Å². The number of amides is 1. The molecule has 8 nitrogen and oxygen atoms in total. The van der Waals surface area contributed by atoms with Crippen LogP contribution in [0.3, 0.4) is 0 Å². The Morgan fingerprint density at radius 2 is 1.95 bits per heavy atom. The third-order valence-corrected chi connectivity index (χ3v) is 2.50. The number of methoxy groups -OCH3 is 2. The second kappa shape index (κ2) is 6.71. The quantitative estimate of drug-likeness (QED) is 0.588. The van der Waals surface area contributed by atoms with Crippen molar-refractivity contribution in [2.24, 2.45) is 0 Å². The molecule has 0 saturated heterocycles. The van der Waals surface area contributed by atoms with Crippen LogP contribution in [-0.4, -0.2) is 42.8 Å². The number of benzene rings is 1. The zero-order chi connectivity index (χ0) is 15.3. The Morgan fingerprint density at radius 1 is 1.40 bits per heavy atom. The number of nitro groups is 1. The first-order valence-electron chi connectivity index (χ1n) is 5.77. The summed E-state index contributed by atoms with van der Waals surface area (Å²) in [6.07, 6.45) is -0.752. The minimum Gasteiger partial charge on any atom is -0.493 e. The number of rotatable bonds is 6. The molecular formula is C12H16N2O6. The first kappa shape index (κ1) is 15.7. The summed E-state index contributed by atoms with van der Waals surface area (Å²) >= 11 is 0. The van der Waals surface area contributed by atoms with Crippen LogP contribution >= 0.6 is 0 Å². The van der Waals surface area contributed by atoms with Gasteiger partial charge in [-0.1, -0.05) is 0 Å². The molecule has 1 rings (SSSR count). The molecule has 0 bridgehead atoms. The SMILES string of the molecule is COc1cc(C(=O)NC[C@@H](C)O)c([N+](=O)[O-])cc1OC. The molecule has 1 amide bonds. The summed E-state index contributed by atoms with van der Waals surface area (Å²) in [6, 6.07) is 2.35. The minimum atomic E-state index is -0.752. The van der Waals surface area contributed by atoms with Gasteiger partial charge in [0.2, 0.25) is 0 Å². The topological polar surface area (TPSA) is 111 Å². The number of nitro benzene ring substituents is 1. The van der Waals surface area contributed by atoms with Crippen LogP contribution in [0.2, 0.25) is 0 Å². The van der Waals surface area contributed by atoms with Crippen molar-refractivity contribution >= 4 is 11.6 Å². The number of hydrogen-bond donors (Lipinski definition) is 2. The second-order valence-electron chi connectivity index (χ2n) is 4.04. The van der Waals surface area contributed by atoms with Crippen LogP contribution in [0, 0.1) is 10.1 Å². The monoisotopic (exact) mass is 284 g/mol. The zero-order valence-corrected chi connectivity index (χ0v) is 11.4. The number of hydrogen-bond acceptors (Lipinski definition) is 6. The fourth-order valence-electron chi connectivity index (χ4n) is 1.54. The van der Waals surface area contributed by atoms with Gasteiger partial charge in [-0.15, -0.1) is 0 Å². The second-order valence-corrected chi connectivity index (χ2v) is 4.04. The van der Waals surface area contributed by atoms with Gasteiger partial charge in [-0.05, 0) is 6.92 Å². The lowest BCUT2D eigenvalue weighted by atomic mass is 10.1. The summed E-state index contributed by atoms with van der Waals surface area (Å²) in [5.74, 6) is -0.301. The van der Waals surface area contributed by atoms with Gasteiger partial charge in [0.15, 0.2) is 11.5 Å². The fourth-order valence-corrected chi connectivity index (χ4v) is 1.54. The third-order valence-electron chi connectivity index (χ3n) is 2.50. The maximum absolute atomic E-state index is 11.9. The van der Waals surface area contributed by atoms with Crippen LogP contribution in [0.4, 0.5) is 5.69 Å². The Kier molecular flexibility index (Phi) is 5.27. The molecule has 20 heavy (non-hydrogen) atoms. The molecule has 0 heterocycles. The number of nitrogens with zero attached hydrogens (tertiary/aromatic N) is 1. The smallest absolute Gasteiger partial charge is 0.286 e. The molecule has 110 valence electrons. The van der Waals surface area contributed by atoms with E-state index in [0.29, 0.717) is 0 Å². The van der Waals surface area contributed by atoms with E-state index in [1.807, 2.05) is 0 Å². The summed E-state index contributed by atoms with van der Waals surface area (Å²) in [4.78, 5) is 22.2. The van der Waals surface area contributed by atoms with Gasteiger partial charge in [-0.2, -0.15) is 0 Å². The van der Waals surface area contributed by atoms with Gasteiger partial charge in [0.1, 0.15) is 5.56 Å². The predicted octanol–water partition coefficient (Wildman–Crippen LogP) is 0.723. The van der Waals surface area contributed by atoms with Crippen molar-refractivity contribution in [1.29, 1.82) is 0 Å². The Hall–Kier alpha value is -2.35. The van der Waals surface area contributed by atoms with Crippen LogP contribution in [0.15, 0.2) is 12.1 Å². The van der Waals surface area contributed by atoms with Crippen LogP contribution < -0.4 is 14.8 Å². The Balaban J connectivity index is 3.21. The van der Waals surface area contributed by atoms with E-state index in [1.54, 1.807) is 0 Å². The molecular weight excluding hydrogens is 268 g/mol. The van der Waals surface area contributed by atoms with Crippen molar-refractivity contribution in [3.8, 4) is 11.5 Å². The molecule has 0 aliphatic rings. The molecule has 2 N–H and O–H groups in total. The maximum atomic E-state index is 11.9. The zero-order valence-electron chi connectivity index (χ0n) is 11.4. The largest absolute Gasteiger partial charge is 0.493 e. The van der Waals surface area contributed by atoms with Crippen LogP contribution in [0.1, 0.15) is 17.3 Å². The molecule has 0 aliphatic heterocycles. The van der Waals surface area contributed by atoms with Gasteiger partial charge in [0.05, 0.1) is 31.3 Å². The van der Waals surface area contributed by atoms with Crippen LogP contribution in [0.5, 0.6) is 11.5 Å². The molecule has 0 spiro atoms. The van der Waals surface area contributed by atoms with E-state index in [0.717, 1.165) is 6.07 Å². The molecule has 1 atom stereocenters.